The lowest BCUT2D eigenvalue weighted by Crippen LogP contribution is -2.29. The van der Waals surface area contributed by atoms with Crippen LogP contribution in [0.5, 0.6) is 0 Å². The van der Waals surface area contributed by atoms with Gasteiger partial charge in [0.05, 0.1) is 29.5 Å². The third-order valence-corrected chi connectivity index (χ3v) is 5.60. The molecule has 0 aromatic carbocycles. The molecule has 0 unspecified atom stereocenters. The number of aromatic nitrogens is 4. The molecular weight excluding hydrogens is 369 g/mol. The SMILES string of the molecule is FC(F)(F)C1(c2cn3c(-c4cccc(N[C@@H]5CCNC5)n4)cnc3cn2)CC1. The van der Waals surface area contributed by atoms with Crippen molar-refractivity contribution < 1.29 is 13.2 Å². The van der Waals surface area contributed by atoms with Crippen LogP contribution >= 0.6 is 0 Å². The zero-order valence-electron chi connectivity index (χ0n) is 15.0. The number of alkyl halides is 3. The summed E-state index contributed by atoms with van der Waals surface area (Å²) in [5.41, 5.74) is 0.00639. The normalized spacial score (nSPS) is 21.2. The zero-order chi connectivity index (χ0) is 19.4. The number of halogens is 3. The molecule has 3 aromatic rings. The molecule has 28 heavy (non-hydrogen) atoms. The summed E-state index contributed by atoms with van der Waals surface area (Å²) < 4.78 is 42.1. The first kappa shape index (κ1) is 17.4. The van der Waals surface area contributed by atoms with E-state index in [2.05, 4.69) is 25.6 Å². The first-order valence-corrected chi connectivity index (χ1v) is 9.31. The van der Waals surface area contributed by atoms with E-state index < -0.39 is 11.6 Å². The number of hydrogen-bond acceptors (Lipinski definition) is 5. The van der Waals surface area contributed by atoms with Gasteiger partial charge in [-0.15, -0.1) is 0 Å². The van der Waals surface area contributed by atoms with Crippen LogP contribution in [0.25, 0.3) is 17.0 Å². The second-order valence-corrected chi connectivity index (χ2v) is 7.47. The Bertz CT molecular complexity index is 1020. The van der Waals surface area contributed by atoms with Crippen molar-refractivity contribution in [1.82, 2.24) is 24.7 Å². The van der Waals surface area contributed by atoms with E-state index in [-0.39, 0.29) is 18.5 Å². The number of fused-ring (bicyclic) bond motifs is 1. The largest absolute Gasteiger partial charge is 0.399 e. The summed E-state index contributed by atoms with van der Waals surface area (Å²) in [7, 11) is 0. The van der Waals surface area contributed by atoms with Crippen molar-refractivity contribution in [2.45, 2.75) is 36.9 Å². The van der Waals surface area contributed by atoms with Gasteiger partial charge in [-0.1, -0.05) is 6.07 Å². The first-order chi connectivity index (χ1) is 13.5. The number of rotatable bonds is 4. The van der Waals surface area contributed by atoms with E-state index in [0.717, 1.165) is 25.3 Å². The van der Waals surface area contributed by atoms with Gasteiger partial charge in [-0.2, -0.15) is 13.2 Å². The number of nitrogens with one attached hydrogen (secondary N) is 2. The second kappa shape index (κ2) is 6.16. The smallest absolute Gasteiger partial charge is 0.366 e. The van der Waals surface area contributed by atoms with Crippen LogP contribution in [0.1, 0.15) is 25.0 Å². The minimum absolute atomic E-state index is 0.0399. The fourth-order valence-corrected chi connectivity index (χ4v) is 3.78. The van der Waals surface area contributed by atoms with Crippen LogP contribution in [0, 0.1) is 0 Å². The first-order valence-electron chi connectivity index (χ1n) is 9.31. The van der Waals surface area contributed by atoms with E-state index >= 15 is 0 Å². The highest BCUT2D eigenvalue weighted by Gasteiger charge is 2.65. The molecule has 1 aliphatic carbocycles. The maximum atomic E-state index is 13.5. The minimum Gasteiger partial charge on any atom is -0.366 e. The number of hydrogen-bond donors (Lipinski definition) is 2. The molecule has 146 valence electrons. The van der Waals surface area contributed by atoms with Gasteiger partial charge in [-0.05, 0) is 37.9 Å². The Morgan fingerprint density at radius 3 is 2.75 bits per heavy atom. The summed E-state index contributed by atoms with van der Waals surface area (Å²) in [5.74, 6) is 0.740. The van der Waals surface area contributed by atoms with E-state index in [1.807, 2.05) is 18.2 Å². The van der Waals surface area contributed by atoms with Gasteiger partial charge >= 0.3 is 6.18 Å². The molecule has 0 amide bonds. The maximum Gasteiger partial charge on any atom is 0.399 e. The molecule has 1 aliphatic heterocycles. The van der Waals surface area contributed by atoms with Crippen LogP contribution in [0.15, 0.2) is 36.8 Å². The standard InChI is InChI=1S/C19H19F3N6/c20-19(21,22)18(5-6-18)15-11-28-14(9-25-17(28)10-24-15)13-2-1-3-16(27-13)26-12-4-7-23-8-12/h1-3,9-12,23H,4-8H2,(H,26,27)/t12-/m1/s1. The zero-order valence-corrected chi connectivity index (χ0v) is 15.0. The monoisotopic (exact) mass is 388 g/mol. The van der Waals surface area contributed by atoms with Crippen molar-refractivity contribution >= 4 is 11.5 Å². The molecule has 0 radical (unpaired) electrons. The molecule has 9 heteroatoms. The Hall–Kier alpha value is -2.68. The number of anilines is 1. The third-order valence-electron chi connectivity index (χ3n) is 5.60. The predicted octanol–water partition coefficient (Wildman–Crippen LogP) is 3.16. The molecule has 6 nitrogen and oxygen atoms in total. The summed E-state index contributed by atoms with van der Waals surface area (Å²) in [5, 5.41) is 6.69. The molecule has 1 saturated carbocycles. The van der Waals surface area contributed by atoms with Gasteiger partial charge in [0.15, 0.2) is 5.65 Å². The van der Waals surface area contributed by atoms with Gasteiger partial charge < -0.3 is 10.6 Å². The molecule has 2 fully saturated rings. The highest BCUT2D eigenvalue weighted by molar-refractivity contribution is 5.62. The predicted molar refractivity (Wildman–Crippen MR) is 98.1 cm³/mol. The highest BCUT2D eigenvalue weighted by atomic mass is 19.4. The van der Waals surface area contributed by atoms with E-state index in [0.29, 0.717) is 23.1 Å². The summed E-state index contributed by atoms with van der Waals surface area (Å²) in [6.45, 7) is 1.86. The fourth-order valence-electron chi connectivity index (χ4n) is 3.78. The van der Waals surface area contributed by atoms with Crippen LogP contribution in [-0.4, -0.2) is 44.7 Å². The van der Waals surface area contributed by atoms with Crippen molar-refractivity contribution in [3.05, 3.63) is 42.5 Å². The van der Waals surface area contributed by atoms with Gasteiger partial charge in [0.1, 0.15) is 11.2 Å². The quantitative estimate of drug-likeness (QED) is 0.719. The van der Waals surface area contributed by atoms with Crippen LogP contribution < -0.4 is 10.6 Å². The number of pyridine rings is 1. The van der Waals surface area contributed by atoms with Crippen molar-refractivity contribution in [2.75, 3.05) is 18.4 Å². The lowest BCUT2D eigenvalue weighted by molar-refractivity contribution is -0.161. The Labute approximate surface area is 159 Å². The van der Waals surface area contributed by atoms with Gasteiger partial charge in [0.25, 0.3) is 0 Å². The summed E-state index contributed by atoms with van der Waals surface area (Å²) in [6, 6.07) is 5.92. The van der Waals surface area contributed by atoms with Crippen LogP contribution in [0.3, 0.4) is 0 Å². The number of imidazole rings is 1. The lowest BCUT2D eigenvalue weighted by atomic mass is 10.0. The molecule has 1 saturated heterocycles. The Morgan fingerprint density at radius 1 is 1.18 bits per heavy atom. The molecular formula is C19H19F3N6. The molecule has 5 rings (SSSR count). The van der Waals surface area contributed by atoms with E-state index in [1.54, 1.807) is 10.6 Å². The summed E-state index contributed by atoms with van der Waals surface area (Å²) in [4.78, 5) is 13.0. The Kier molecular flexibility index (Phi) is 3.84. The Balaban J connectivity index is 1.52. The maximum absolute atomic E-state index is 13.5. The molecule has 3 aromatic heterocycles. The molecule has 2 N–H and O–H groups in total. The van der Waals surface area contributed by atoms with Gasteiger partial charge in [-0.25, -0.2) is 9.97 Å². The van der Waals surface area contributed by atoms with E-state index in [4.69, 9.17) is 0 Å². The second-order valence-electron chi connectivity index (χ2n) is 7.47. The molecule has 4 heterocycles. The topological polar surface area (TPSA) is 67.1 Å². The average molecular weight is 388 g/mol. The molecule has 1 atom stereocenters. The van der Waals surface area contributed by atoms with Gasteiger partial charge in [0.2, 0.25) is 0 Å². The average Bonchev–Trinajstić information content (AvgIpc) is 3.16. The Morgan fingerprint density at radius 2 is 2.04 bits per heavy atom. The fraction of sp³-hybridized carbons (Fsp3) is 0.421. The number of nitrogens with zero attached hydrogens (tertiary/aromatic N) is 4. The van der Waals surface area contributed by atoms with E-state index in [9.17, 15) is 13.2 Å². The summed E-state index contributed by atoms with van der Waals surface area (Å²) in [6.07, 6.45) is 1.36. The van der Waals surface area contributed by atoms with Crippen molar-refractivity contribution in [3.8, 4) is 11.4 Å². The van der Waals surface area contributed by atoms with E-state index in [1.165, 1.54) is 12.4 Å². The van der Waals surface area contributed by atoms with Crippen LogP contribution in [-0.2, 0) is 5.41 Å². The molecule has 0 bridgehead atoms. The van der Waals surface area contributed by atoms with Gasteiger partial charge in [0, 0.05) is 18.8 Å². The lowest BCUT2D eigenvalue weighted by Gasteiger charge is -2.18. The minimum atomic E-state index is -4.30. The van der Waals surface area contributed by atoms with Crippen molar-refractivity contribution in [3.63, 3.8) is 0 Å². The third kappa shape index (κ3) is 2.81. The van der Waals surface area contributed by atoms with Crippen LogP contribution in [0.4, 0.5) is 19.0 Å². The van der Waals surface area contributed by atoms with Crippen LogP contribution in [0.2, 0.25) is 0 Å². The molecule has 0 spiro atoms. The summed E-state index contributed by atoms with van der Waals surface area (Å²) >= 11 is 0. The molecule has 2 aliphatic rings. The van der Waals surface area contributed by atoms with Crippen molar-refractivity contribution in [1.29, 1.82) is 0 Å². The van der Waals surface area contributed by atoms with Gasteiger partial charge in [-0.3, -0.25) is 9.38 Å². The highest BCUT2D eigenvalue weighted by Crippen LogP contribution is 2.58. The van der Waals surface area contributed by atoms with Crippen molar-refractivity contribution in [2.24, 2.45) is 0 Å².